The van der Waals surface area contributed by atoms with Gasteiger partial charge in [-0.2, -0.15) is 13.2 Å². The maximum Gasteiger partial charge on any atom is 0.416 e. The van der Waals surface area contributed by atoms with Crippen molar-refractivity contribution in [3.63, 3.8) is 0 Å². The summed E-state index contributed by atoms with van der Waals surface area (Å²) < 4.78 is 37.8. The highest BCUT2D eigenvalue weighted by Gasteiger charge is 2.32. The zero-order chi connectivity index (χ0) is 12.2. The van der Waals surface area contributed by atoms with E-state index >= 15 is 0 Å². The third kappa shape index (κ3) is 3.28. The van der Waals surface area contributed by atoms with Crippen LogP contribution in [0.15, 0.2) is 24.3 Å². The van der Waals surface area contributed by atoms with E-state index in [1.165, 1.54) is 12.1 Å². The molecule has 1 aromatic rings. The first-order valence-electron chi connectivity index (χ1n) is 4.79. The van der Waals surface area contributed by atoms with E-state index in [4.69, 9.17) is 6.42 Å². The van der Waals surface area contributed by atoms with Gasteiger partial charge in [-0.1, -0.05) is 24.1 Å². The Morgan fingerprint density at radius 2 is 2.00 bits per heavy atom. The van der Waals surface area contributed by atoms with Crippen LogP contribution in [0.2, 0.25) is 0 Å². The number of rotatable bonds is 3. The van der Waals surface area contributed by atoms with Gasteiger partial charge in [0.05, 0.1) is 11.6 Å². The molecule has 1 aromatic carbocycles. The Hall–Kier alpha value is -1.47. The second-order valence-corrected chi connectivity index (χ2v) is 3.42. The van der Waals surface area contributed by atoms with Crippen molar-refractivity contribution in [2.45, 2.75) is 25.7 Å². The molecule has 86 valence electrons. The van der Waals surface area contributed by atoms with Crippen molar-refractivity contribution < 1.29 is 13.2 Å². The van der Waals surface area contributed by atoms with Crippen LogP contribution in [0.1, 0.15) is 18.1 Å². The molecule has 4 heteroatoms. The van der Waals surface area contributed by atoms with Crippen LogP contribution in [0.5, 0.6) is 0 Å². The quantitative estimate of drug-likeness (QED) is 0.783. The van der Waals surface area contributed by atoms with Crippen molar-refractivity contribution >= 4 is 0 Å². The molecule has 0 aliphatic rings. The van der Waals surface area contributed by atoms with Gasteiger partial charge in [0.1, 0.15) is 0 Å². The molecule has 1 atom stereocenters. The highest BCUT2D eigenvalue weighted by atomic mass is 19.4. The van der Waals surface area contributed by atoms with Crippen LogP contribution in [0.3, 0.4) is 0 Å². The first kappa shape index (κ1) is 12.6. The summed E-state index contributed by atoms with van der Waals surface area (Å²) in [6.07, 6.45) is 0.804. The summed E-state index contributed by atoms with van der Waals surface area (Å²) in [5.74, 6) is 2.40. The monoisotopic (exact) mass is 227 g/mol. The Morgan fingerprint density at radius 1 is 1.38 bits per heavy atom. The fraction of sp³-hybridized carbons (Fsp3) is 0.333. The van der Waals surface area contributed by atoms with Gasteiger partial charge in [-0.15, -0.1) is 6.42 Å². The number of hydrogen-bond donors (Lipinski definition) is 1. The zero-order valence-electron chi connectivity index (χ0n) is 8.81. The standard InChI is InChI=1S/C12H12F3N/c1-3-9(2)16-8-10-6-4-5-7-11(10)12(13,14)15/h1,4-7,9,16H,8H2,2H3. The smallest absolute Gasteiger partial charge is 0.300 e. The molecule has 0 fully saturated rings. The van der Waals surface area contributed by atoms with Gasteiger partial charge in [0.15, 0.2) is 0 Å². The molecule has 0 heterocycles. The van der Waals surface area contributed by atoms with Gasteiger partial charge in [-0.25, -0.2) is 0 Å². The van der Waals surface area contributed by atoms with Crippen molar-refractivity contribution in [3.05, 3.63) is 35.4 Å². The zero-order valence-corrected chi connectivity index (χ0v) is 8.81. The fourth-order valence-electron chi connectivity index (χ4n) is 1.27. The van der Waals surface area contributed by atoms with Gasteiger partial charge >= 0.3 is 6.18 Å². The number of nitrogens with one attached hydrogen (secondary N) is 1. The molecule has 0 aromatic heterocycles. The summed E-state index contributed by atoms with van der Waals surface area (Å²) in [5, 5.41) is 2.82. The van der Waals surface area contributed by atoms with E-state index in [1.807, 2.05) is 0 Å². The van der Waals surface area contributed by atoms with E-state index < -0.39 is 11.7 Å². The topological polar surface area (TPSA) is 12.0 Å². The van der Waals surface area contributed by atoms with Crippen molar-refractivity contribution in [1.82, 2.24) is 5.32 Å². The molecule has 0 aliphatic carbocycles. The van der Waals surface area contributed by atoms with Crippen molar-refractivity contribution in [2.75, 3.05) is 0 Å². The van der Waals surface area contributed by atoms with Crippen molar-refractivity contribution in [3.8, 4) is 12.3 Å². The van der Waals surface area contributed by atoms with Gasteiger partial charge in [0, 0.05) is 6.54 Å². The van der Waals surface area contributed by atoms with Gasteiger partial charge in [-0.05, 0) is 18.6 Å². The average molecular weight is 227 g/mol. The third-order valence-corrected chi connectivity index (χ3v) is 2.17. The summed E-state index contributed by atoms with van der Waals surface area (Å²) in [4.78, 5) is 0. The number of benzene rings is 1. The summed E-state index contributed by atoms with van der Waals surface area (Å²) in [6.45, 7) is 1.83. The first-order valence-corrected chi connectivity index (χ1v) is 4.79. The normalized spacial score (nSPS) is 13.2. The molecule has 0 saturated heterocycles. The number of halogens is 3. The van der Waals surface area contributed by atoms with E-state index in [9.17, 15) is 13.2 Å². The molecular formula is C12H12F3N. The molecule has 1 unspecified atom stereocenters. The molecule has 0 spiro atoms. The Balaban J connectivity index is 2.85. The summed E-state index contributed by atoms with van der Waals surface area (Å²) in [7, 11) is 0. The number of terminal acetylenes is 1. The highest BCUT2D eigenvalue weighted by molar-refractivity contribution is 5.29. The lowest BCUT2D eigenvalue weighted by Crippen LogP contribution is -2.25. The van der Waals surface area contributed by atoms with Crippen LogP contribution < -0.4 is 5.32 Å². The molecule has 1 rings (SSSR count). The molecule has 0 bridgehead atoms. The van der Waals surface area contributed by atoms with Gasteiger partial charge < -0.3 is 0 Å². The second-order valence-electron chi connectivity index (χ2n) is 3.42. The SMILES string of the molecule is C#CC(C)NCc1ccccc1C(F)(F)F. The maximum atomic E-state index is 12.6. The molecular weight excluding hydrogens is 215 g/mol. The van der Waals surface area contributed by atoms with Crippen LogP contribution in [0, 0.1) is 12.3 Å². The van der Waals surface area contributed by atoms with E-state index in [1.54, 1.807) is 13.0 Å². The molecule has 1 nitrogen and oxygen atoms in total. The maximum absolute atomic E-state index is 12.6. The van der Waals surface area contributed by atoms with Crippen molar-refractivity contribution in [2.24, 2.45) is 0 Å². The number of hydrogen-bond acceptors (Lipinski definition) is 1. The van der Waals surface area contributed by atoms with E-state index in [2.05, 4.69) is 11.2 Å². The van der Waals surface area contributed by atoms with E-state index in [0.717, 1.165) is 6.07 Å². The van der Waals surface area contributed by atoms with Gasteiger partial charge in [-0.3, -0.25) is 5.32 Å². The lowest BCUT2D eigenvalue weighted by atomic mass is 10.1. The third-order valence-electron chi connectivity index (χ3n) is 2.17. The minimum atomic E-state index is -4.32. The molecule has 1 N–H and O–H groups in total. The van der Waals surface area contributed by atoms with E-state index in [-0.39, 0.29) is 18.2 Å². The van der Waals surface area contributed by atoms with E-state index in [0.29, 0.717) is 0 Å². The van der Waals surface area contributed by atoms with Gasteiger partial charge in [0.25, 0.3) is 0 Å². The second kappa shape index (κ2) is 5.04. The Labute approximate surface area is 92.7 Å². The number of alkyl halides is 3. The summed E-state index contributed by atoms with van der Waals surface area (Å²) >= 11 is 0. The molecule has 0 aliphatic heterocycles. The average Bonchev–Trinajstić information content (AvgIpc) is 2.25. The van der Waals surface area contributed by atoms with Crippen LogP contribution >= 0.6 is 0 Å². The van der Waals surface area contributed by atoms with Crippen molar-refractivity contribution in [1.29, 1.82) is 0 Å². The highest BCUT2D eigenvalue weighted by Crippen LogP contribution is 2.31. The lowest BCUT2D eigenvalue weighted by molar-refractivity contribution is -0.138. The molecule has 0 saturated carbocycles. The predicted molar refractivity (Wildman–Crippen MR) is 56.6 cm³/mol. The van der Waals surface area contributed by atoms with Crippen LogP contribution in [-0.2, 0) is 12.7 Å². The largest absolute Gasteiger partial charge is 0.416 e. The molecule has 0 radical (unpaired) electrons. The minimum absolute atomic E-state index is 0.112. The first-order chi connectivity index (χ1) is 7.45. The Kier molecular flexibility index (Phi) is 3.97. The predicted octanol–water partition coefficient (Wildman–Crippen LogP) is 2.82. The summed E-state index contributed by atoms with van der Waals surface area (Å²) in [5.41, 5.74) is -0.413. The lowest BCUT2D eigenvalue weighted by Gasteiger charge is -2.14. The van der Waals surface area contributed by atoms with Crippen LogP contribution in [0.4, 0.5) is 13.2 Å². The molecule has 16 heavy (non-hydrogen) atoms. The van der Waals surface area contributed by atoms with Gasteiger partial charge in [0.2, 0.25) is 0 Å². The Morgan fingerprint density at radius 3 is 2.56 bits per heavy atom. The van der Waals surface area contributed by atoms with Crippen LogP contribution in [0.25, 0.3) is 0 Å². The summed E-state index contributed by atoms with van der Waals surface area (Å²) in [6, 6.07) is 5.21. The molecule has 0 amide bonds. The fourth-order valence-corrected chi connectivity index (χ4v) is 1.27. The Bertz CT molecular complexity index is 390. The minimum Gasteiger partial charge on any atom is -0.300 e. The van der Waals surface area contributed by atoms with Crippen LogP contribution in [-0.4, -0.2) is 6.04 Å².